The summed E-state index contributed by atoms with van der Waals surface area (Å²) < 4.78 is 0. The van der Waals surface area contributed by atoms with Crippen LogP contribution in [0.3, 0.4) is 0 Å². The Balaban J connectivity index is 1.82. The summed E-state index contributed by atoms with van der Waals surface area (Å²) in [6.45, 7) is 5.77. The van der Waals surface area contributed by atoms with Crippen molar-refractivity contribution in [3.05, 3.63) is 30.1 Å². The average molecular weight is 218 g/mol. The lowest BCUT2D eigenvalue weighted by atomic mass is 9.97. The van der Waals surface area contributed by atoms with Crippen molar-refractivity contribution in [2.75, 3.05) is 6.54 Å². The summed E-state index contributed by atoms with van der Waals surface area (Å²) in [6.07, 6.45) is 7.96. The minimum absolute atomic E-state index is 0.441. The Morgan fingerprint density at radius 1 is 1.38 bits per heavy atom. The van der Waals surface area contributed by atoms with Crippen LogP contribution in [0.25, 0.3) is 0 Å². The van der Waals surface area contributed by atoms with E-state index in [1.165, 1.54) is 24.8 Å². The van der Waals surface area contributed by atoms with E-state index in [4.69, 9.17) is 0 Å². The molecular formula is C14H22N2. The van der Waals surface area contributed by atoms with Gasteiger partial charge < -0.3 is 5.32 Å². The number of hydrogen-bond acceptors (Lipinski definition) is 2. The van der Waals surface area contributed by atoms with Gasteiger partial charge in [-0.05, 0) is 49.4 Å². The third-order valence-electron chi connectivity index (χ3n) is 3.93. The van der Waals surface area contributed by atoms with E-state index < -0.39 is 0 Å². The topological polar surface area (TPSA) is 24.9 Å². The third kappa shape index (κ3) is 2.82. The molecule has 0 spiro atoms. The Morgan fingerprint density at radius 2 is 2.12 bits per heavy atom. The minimum Gasteiger partial charge on any atom is -0.310 e. The van der Waals surface area contributed by atoms with Crippen molar-refractivity contribution in [3.8, 4) is 0 Å². The second-order valence-corrected chi connectivity index (χ2v) is 5.08. The molecule has 1 aromatic heterocycles. The molecule has 16 heavy (non-hydrogen) atoms. The molecule has 1 saturated carbocycles. The van der Waals surface area contributed by atoms with E-state index in [0.717, 1.165) is 18.4 Å². The minimum atomic E-state index is 0.441. The first-order chi connectivity index (χ1) is 7.77. The van der Waals surface area contributed by atoms with Crippen molar-refractivity contribution in [2.45, 2.75) is 39.2 Å². The molecule has 0 radical (unpaired) electrons. The van der Waals surface area contributed by atoms with Crippen molar-refractivity contribution in [2.24, 2.45) is 11.8 Å². The van der Waals surface area contributed by atoms with E-state index in [0.29, 0.717) is 6.04 Å². The Hall–Kier alpha value is -0.890. The number of nitrogens with zero attached hydrogens (tertiary/aromatic N) is 1. The Bertz CT molecular complexity index is 310. The molecule has 0 aliphatic heterocycles. The van der Waals surface area contributed by atoms with Crippen LogP contribution in [0.5, 0.6) is 0 Å². The molecule has 2 rings (SSSR count). The van der Waals surface area contributed by atoms with Crippen LogP contribution < -0.4 is 5.32 Å². The van der Waals surface area contributed by atoms with Gasteiger partial charge in [0.25, 0.3) is 0 Å². The zero-order valence-corrected chi connectivity index (χ0v) is 10.3. The molecule has 0 aromatic carbocycles. The average Bonchev–Trinajstić information content (AvgIpc) is 2.73. The highest BCUT2D eigenvalue weighted by Gasteiger charge is 2.23. The van der Waals surface area contributed by atoms with Crippen molar-refractivity contribution in [3.63, 3.8) is 0 Å². The highest BCUT2D eigenvalue weighted by Crippen LogP contribution is 2.30. The molecule has 2 nitrogen and oxygen atoms in total. The van der Waals surface area contributed by atoms with Crippen molar-refractivity contribution in [1.29, 1.82) is 0 Å². The van der Waals surface area contributed by atoms with E-state index >= 15 is 0 Å². The molecule has 0 amide bonds. The van der Waals surface area contributed by atoms with Gasteiger partial charge in [-0.2, -0.15) is 0 Å². The molecule has 88 valence electrons. The SMILES string of the molecule is CC(NCC1CCCC1C)c1ccncc1. The van der Waals surface area contributed by atoms with E-state index in [9.17, 15) is 0 Å². The van der Waals surface area contributed by atoms with Gasteiger partial charge in [0.05, 0.1) is 0 Å². The summed E-state index contributed by atoms with van der Waals surface area (Å²) >= 11 is 0. The van der Waals surface area contributed by atoms with E-state index in [-0.39, 0.29) is 0 Å². The summed E-state index contributed by atoms with van der Waals surface area (Å²) in [4.78, 5) is 4.05. The standard InChI is InChI=1S/C14H22N2/c1-11-4-3-5-14(11)10-16-12(2)13-6-8-15-9-7-13/h6-9,11-12,14,16H,3-5,10H2,1-2H3. The maximum atomic E-state index is 4.05. The number of aromatic nitrogens is 1. The van der Waals surface area contributed by atoms with Crippen molar-refractivity contribution in [1.82, 2.24) is 10.3 Å². The summed E-state index contributed by atoms with van der Waals surface area (Å²) in [7, 11) is 0. The highest BCUT2D eigenvalue weighted by atomic mass is 14.9. The molecular weight excluding hydrogens is 196 g/mol. The van der Waals surface area contributed by atoms with Crippen LogP contribution in [-0.2, 0) is 0 Å². The van der Waals surface area contributed by atoms with E-state index in [2.05, 4.69) is 36.3 Å². The maximum Gasteiger partial charge on any atom is 0.0293 e. The van der Waals surface area contributed by atoms with Gasteiger partial charge in [0, 0.05) is 18.4 Å². The Morgan fingerprint density at radius 3 is 2.75 bits per heavy atom. The highest BCUT2D eigenvalue weighted by molar-refractivity contribution is 5.13. The zero-order chi connectivity index (χ0) is 11.4. The Kier molecular flexibility index (Phi) is 3.94. The first-order valence-corrected chi connectivity index (χ1v) is 6.40. The lowest BCUT2D eigenvalue weighted by Crippen LogP contribution is -2.26. The maximum absolute atomic E-state index is 4.05. The van der Waals surface area contributed by atoms with Crippen LogP contribution in [0.1, 0.15) is 44.7 Å². The summed E-state index contributed by atoms with van der Waals surface area (Å²) in [5.41, 5.74) is 1.33. The lowest BCUT2D eigenvalue weighted by Gasteiger charge is -2.20. The van der Waals surface area contributed by atoms with Crippen LogP contribution in [0.4, 0.5) is 0 Å². The molecule has 3 atom stereocenters. The fraction of sp³-hybridized carbons (Fsp3) is 0.643. The quantitative estimate of drug-likeness (QED) is 0.839. The summed E-state index contributed by atoms with van der Waals surface area (Å²) in [5.74, 6) is 1.78. The van der Waals surface area contributed by atoms with Gasteiger partial charge in [-0.3, -0.25) is 4.98 Å². The van der Waals surface area contributed by atoms with Crippen LogP contribution in [0, 0.1) is 11.8 Å². The molecule has 1 aliphatic carbocycles. The molecule has 1 heterocycles. The molecule has 1 aliphatic rings. The number of pyridine rings is 1. The van der Waals surface area contributed by atoms with Gasteiger partial charge >= 0.3 is 0 Å². The van der Waals surface area contributed by atoms with Crippen LogP contribution in [-0.4, -0.2) is 11.5 Å². The molecule has 0 bridgehead atoms. The van der Waals surface area contributed by atoms with Crippen LogP contribution in [0.15, 0.2) is 24.5 Å². The third-order valence-corrected chi connectivity index (χ3v) is 3.93. The second kappa shape index (κ2) is 5.44. The summed E-state index contributed by atoms with van der Waals surface area (Å²) in [5, 5.41) is 3.64. The van der Waals surface area contributed by atoms with Gasteiger partial charge in [-0.1, -0.05) is 19.8 Å². The van der Waals surface area contributed by atoms with Gasteiger partial charge in [0.2, 0.25) is 0 Å². The van der Waals surface area contributed by atoms with Gasteiger partial charge in [-0.25, -0.2) is 0 Å². The number of rotatable bonds is 4. The normalized spacial score (nSPS) is 26.9. The van der Waals surface area contributed by atoms with Crippen molar-refractivity contribution >= 4 is 0 Å². The fourth-order valence-electron chi connectivity index (χ4n) is 2.62. The van der Waals surface area contributed by atoms with Crippen molar-refractivity contribution < 1.29 is 0 Å². The van der Waals surface area contributed by atoms with Gasteiger partial charge in [0.15, 0.2) is 0 Å². The molecule has 3 unspecified atom stereocenters. The predicted molar refractivity (Wildman–Crippen MR) is 67.2 cm³/mol. The van der Waals surface area contributed by atoms with Crippen LogP contribution >= 0.6 is 0 Å². The largest absolute Gasteiger partial charge is 0.310 e. The number of nitrogens with one attached hydrogen (secondary N) is 1. The van der Waals surface area contributed by atoms with E-state index in [1.807, 2.05) is 12.4 Å². The first kappa shape index (κ1) is 11.6. The molecule has 1 aromatic rings. The van der Waals surface area contributed by atoms with E-state index in [1.54, 1.807) is 0 Å². The van der Waals surface area contributed by atoms with Gasteiger partial charge in [-0.15, -0.1) is 0 Å². The second-order valence-electron chi connectivity index (χ2n) is 5.08. The molecule has 2 heteroatoms. The smallest absolute Gasteiger partial charge is 0.0293 e. The van der Waals surface area contributed by atoms with Gasteiger partial charge in [0.1, 0.15) is 0 Å². The molecule has 0 saturated heterocycles. The molecule has 1 fully saturated rings. The Labute approximate surface area is 98.5 Å². The lowest BCUT2D eigenvalue weighted by molar-refractivity contribution is 0.375. The van der Waals surface area contributed by atoms with Crippen LogP contribution in [0.2, 0.25) is 0 Å². The zero-order valence-electron chi connectivity index (χ0n) is 10.3. The fourth-order valence-corrected chi connectivity index (χ4v) is 2.62. The summed E-state index contributed by atoms with van der Waals surface area (Å²) in [6, 6.07) is 4.63. The molecule has 1 N–H and O–H groups in total. The predicted octanol–water partition coefficient (Wildman–Crippen LogP) is 3.17. The first-order valence-electron chi connectivity index (χ1n) is 6.40. The number of hydrogen-bond donors (Lipinski definition) is 1. The monoisotopic (exact) mass is 218 g/mol.